The molecule has 80 valence electrons. The molecule has 1 heterocycles. The molecular formula is C11H19NO2. The van der Waals surface area contributed by atoms with Crippen LogP contribution in [0.1, 0.15) is 38.5 Å². The third-order valence-corrected chi connectivity index (χ3v) is 3.42. The van der Waals surface area contributed by atoms with Crippen LogP contribution in [0, 0.1) is 5.92 Å². The Bertz CT molecular complexity index is 182. The van der Waals surface area contributed by atoms with Crippen molar-refractivity contribution in [3.63, 3.8) is 0 Å². The standard InChI is InChI=1S/C10H17NO.CH2O/c12-8-11-7-3-5-9-4-1-2-6-10(9)11;1-2/h8-10H,1-7H2;1H2. The second kappa shape index (κ2) is 5.78. The number of rotatable bonds is 1. The summed E-state index contributed by atoms with van der Waals surface area (Å²) in [5.41, 5.74) is 0. The lowest BCUT2D eigenvalue weighted by atomic mass is 9.78. The molecule has 1 aliphatic carbocycles. The summed E-state index contributed by atoms with van der Waals surface area (Å²) in [6.07, 6.45) is 8.95. The molecule has 0 N–H and O–H groups in total. The quantitative estimate of drug-likeness (QED) is 0.599. The second-order valence-corrected chi connectivity index (χ2v) is 4.10. The number of hydrogen-bond donors (Lipinski definition) is 0. The molecule has 0 bridgehead atoms. The van der Waals surface area contributed by atoms with Crippen LogP contribution in [-0.4, -0.2) is 30.7 Å². The molecule has 2 aliphatic rings. The molecule has 2 atom stereocenters. The van der Waals surface area contributed by atoms with Crippen molar-refractivity contribution in [1.29, 1.82) is 0 Å². The Morgan fingerprint density at radius 2 is 1.71 bits per heavy atom. The molecule has 2 unspecified atom stereocenters. The van der Waals surface area contributed by atoms with Gasteiger partial charge in [-0.2, -0.15) is 0 Å². The van der Waals surface area contributed by atoms with Crippen LogP contribution in [0.3, 0.4) is 0 Å². The number of likely N-dealkylation sites (tertiary alicyclic amines) is 1. The molecule has 1 saturated carbocycles. The Hall–Kier alpha value is -0.860. The average molecular weight is 197 g/mol. The summed E-state index contributed by atoms with van der Waals surface area (Å²) in [4.78, 5) is 20.8. The highest BCUT2D eigenvalue weighted by Gasteiger charge is 2.32. The molecule has 14 heavy (non-hydrogen) atoms. The predicted octanol–water partition coefficient (Wildman–Crippen LogP) is 1.61. The highest BCUT2D eigenvalue weighted by molar-refractivity contribution is 5.48. The molecule has 0 aromatic rings. The summed E-state index contributed by atoms with van der Waals surface area (Å²) >= 11 is 0. The van der Waals surface area contributed by atoms with E-state index in [9.17, 15) is 4.79 Å². The number of carbonyl (C=O) groups is 2. The van der Waals surface area contributed by atoms with Gasteiger partial charge in [0.1, 0.15) is 6.79 Å². The summed E-state index contributed by atoms with van der Waals surface area (Å²) < 4.78 is 0. The van der Waals surface area contributed by atoms with Gasteiger partial charge in [-0.1, -0.05) is 12.8 Å². The van der Waals surface area contributed by atoms with E-state index in [0.717, 1.165) is 18.9 Å². The fourth-order valence-electron chi connectivity index (χ4n) is 2.79. The highest BCUT2D eigenvalue weighted by Crippen LogP contribution is 2.34. The van der Waals surface area contributed by atoms with Gasteiger partial charge in [0, 0.05) is 12.6 Å². The van der Waals surface area contributed by atoms with Crippen LogP contribution in [0.4, 0.5) is 0 Å². The maximum atomic E-state index is 10.7. The Balaban J connectivity index is 0.000000461. The zero-order chi connectivity index (χ0) is 10.4. The zero-order valence-corrected chi connectivity index (χ0v) is 8.65. The minimum atomic E-state index is 0.602. The fraction of sp³-hybridized carbons (Fsp3) is 0.818. The first-order valence-corrected chi connectivity index (χ1v) is 5.42. The molecule has 0 aromatic heterocycles. The average Bonchev–Trinajstić information content (AvgIpc) is 2.31. The number of carbonyl (C=O) groups excluding carboxylic acids is 2. The molecule has 0 spiro atoms. The van der Waals surface area contributed by atoms with E-state index in [0.29, 0.717) is 6.04 Å². The molecule has 2 rings (SSSR count). The Morgan fingerprint density at radius 1 is 1.07 bits per heavy atom. The number of amides is 1. The van der Waals surface area contributed by atoms with Crippen LogP contribution >= 0.6 is 0 Å². The Morgan fingerprint density at radius 3 is 2.43 bits per heavy atom. The maximum Gasteiger partial charge on any atom is 0.209 e. The number of piperidine rings is 1. The fourth-order valence-corrected chi connectivity index (χ4v) is 2.79. The molecule has 0 radical (unpaired) electrons. The SMILES string of the molecule is C=O.O=CN1CCCC2CCCCC21. The molecule has 3 heteroatoms. The van der Waals surface area contributed by atoms with E-state index in [4.69, 9.17) is 4.79 Å². The highest BCUT2D eigenvalue weighted by atomic mass is 16.1. The minimum Gasteiger partial charge on any atom is -0.342 e. The van der Waals surface area contributed by atoms with Crippen molar-refractivity contribution in [2.24, 2.45) is 5.92 Å². The van der Waals surface area contributed by atoms with Gasteiger partial charge in [-0.3, -0.25) is 4.79 Å². The third kappa shape index (κ3) is 2.34. The van der Waals surface area contributed by atoms with Crippen molar-refractivity contribution in [3.05, 3.63) is 0 Å². The molecule has 1 saturated heterocycles. The van der Waals surface area contributed by atoms with Crippen molar-refractivity contribution in [2.45, 2.75) is 44.6 Å². The summed E-state index contributed by atoms with van der Waals surface area (Å²) in [6, 6.07) is 0.602. The summed E-state index contributed by atoms with van der Waals surface area (Å²) in [5, 5.41) is 0. The van der Waals surface area contributed by atoms with E-state index in [2.05, 4.69) is 0 Å². The summed E-state index contributed by atoms with van der Waals surface area (Å²) in [7, 11) is 0. The van der Waals surface area contributed by atoms with Gasteiger partial charge in [0.25, 0.3) is 0 Å². The number of hydrogen-bond acceptors (Lipinski definition) is 2. The predicted molar refractivity (Wildman–Crippen MR) is 54.9 cm³/mol. The molecule has 0 aromatic carbocycles. The summed E-state index contributed by atoms with van der Waals surface area (Å²) in [6.45, 7) is 3.00. The topological polar surface area (TPSA) is 37.4 Å². The van der Waals surface area contributed by atoms with Gasteiger partial charge in [0.05, 0.1) is 0 Å². The Labute approximate surface area is 85.5 Å². The van der Waals surface area contributed by atoms with Gasteiger partial charge in [-0.15, -0.1) is 0 Å². The van der Waals surface area contributed by atoms with Gasteiger partial charge >= 0.3 is 0 Å². The molecule has 2 fully saturated rings. The maximum absolute atomic E-state index is 10.7. The van der Waals surface area contributed by atoms with Crippen LogP contribution in [0.2, 0.25) is 0 Å². The van der Waals surface area contributed by atoms with Gasteiger partial charge in [0.2, 0.25) is 6.41 Å². The first-order valence-electron chi connectivity index (χ1n) is 5.42. The van der Waals surface area contributed by atoms with Crippen LogP contribution in [0.15, 0.2) is 0 Å². The van der Waals surface area contributed by atoms with E-state index in [1.807, 2.05) is 11.7 Å². The lowest BCUT2D eigenvalue weighted by Crippen LogP contribution is -2.45. The second-order valence-electron chi connectivity index (χ2n) is 4.10. The summed E-state index contributed by atoms with van der Waals surface area (Å²) in [5.74, 6) is 0.831. The van der Waals surface area contributed by atoms with E-state index in [1.165, 1.54) is 38.5 Å². The molecular weight excluding hydrogens is 178 g/mol. The molecule has 1 aliphatic heterocycles. The smallest absolute Gasteiger partial charge is 0.209 e. The van der Waals surface area contributed by atoms with E-state index in [1.54, 1.807) is 0 Å². The lowest BCUT2D eigenvalue weighted by molar-refractivity contribution is -0.123. The van der Waals surface area contributed by atoms with Gasteiger partial charge in [-0.05, 0) is 31.6 Å². The number of nitrogens with zero attached hydrogens (tertiary/aromatic N) is 1. The van der Waals surface area contributed by atoms with Crippen molar-refractivity contribution < 1.29 is 9.59 Å². The molecule has 3 nitrogen and oxygen atoms in total. The van der Waals surface area contributed by atoms with E-state index in [-0.39, 0.29) is 0 Å². The van der Waals surface area contributed by atoms with Crippen LogP contribution < -0.4 is 0 Å². The van der Waals surface area contributed by atoms with Gasteiger partial charge in [0.15, 0.2) is 0 Å². The molecule has 1 amide bonds. The monoisotopic (exact) mass is 197 g/mol. The van der Waals surface area contributed by atoms with Gasteiger partial charge in [-0.25, -0.2) is 0 Å². The minimum absolute atomic E-state index is 0.602. The van der Waals surface area contributed by atoms with Crippen molar-refractivity contribution in [1.82, 2.24) is 4.90 Å². The van der Waals surface area contributed by atoms with Crippen molar-refractivity contribution >= 4 is 13.2 Å². The third-order valence-electron chi connectivity index (χ3n) is 3.42. The number of fused-ring (bicyclic) bond motifs is 1. The van der Waals surface area contributed by atoms with Crippen LogP contribution in [0.25, 0.3) is 0 Å². The van der Waals surface area contributed by atoms with E-state index < -0.39 is 0 Å². The normalized spacial score (nSPS) is 31.0. The first-order chi connectivity index (χ1) is 6.92. The van der Waals surface area contributed by atoms with Gasteiger partial charge < -0.3 is 9.69 Å². The van der Waals surface area contributed by atoms with Crippen molar-refractivity contribution in [3.8, 4) is 0 Å². The zero-order valence-electron chi connectivity index (χ0n) is 8.65. The Kier molecular flexibility index (Phi) is 4.63. The van der Waals surface area contributed by atoms with Crippen LogP contribution in [0.5, 0.6) is 0 Å². The lowest BCUT2D eigenvalue weighted by Gasteiger charge is -2.42. The first kappa shape index (κ1) is 11.2. The van der Waals surface area contributed by atoms with Crippen LogP contribution in [-0.2, 0) is 9.59 Å². The van der Waals surface area contributed by atoms with Crippen molar-refractivity contribution in [2.75, 3.05) is 6.54 Å². The largest absolute Gasteiger partial charge is 0.342 e. The van der Waals surface area contributed by atoms with E-state index >= 15 is 0 Å².